The summed E-state index contributed by atoms with van der Waals surface area (Å²) >= 11 is 0. The van der Waals surface area contributed by atoms with Crippen LogP contribution < -0.4 is 4.74 Å². The molecule has 1 rings (SSSR count). The van der Waals surface area contributed by atoms with Crippen molar-refractivity contribution in [2.24, 2.45) is 0 Å². The molecule has 0 spiro atoms. The van der Waals surface area contributed by atoms with Gasteiger partial charge < -0.3 is 14.9 Å². The van der Waals surface area contributed by atoms with Crippen LogP contribution in [0.1, 0.15) is 24.2 Å². The van der Waals surface area contributed by atoms with Gasteiger partial charge in [0.1, 0.15) is 11.4 Å². The van der Waals surface area contributed by atoms with Crippen molar-refractivity contribution >= 4 is 5.78 Å². The average molecular weight is 224 g/mol. The maximum absolute atomic E-state index is 11.9. The molecule has 16 heavy (non-hydrogen) atoms. The van der Waals surface area contributed by atoms with E-state index in [0.717, 1.165) is 0 Å². The molecule has 88 valence electrons. The molecule has 0 aliphatic rings. The summed E-state index contributed by atoms with van der Waals surface area (Å²) in [5.74, 6) is 0.124. The number of hydrogen-bond donors (Lipinski definition) is 2. The second kappa shape index (κ2) is 4.63. The van der Waals surface area contributed by atoms with Gasteiger partial charge in [-0.2, -0.15) is 0 Å². The molecular weight excluding hydrogens is 208 g/mol. The van der Waals surface area contributed by atoms with Gasteiger partial charge >= 0.3 is 0 Å². The summed E-state index contributed by atoms with van der Waals surface area (Å²) in [6.45, 7) is 2.67. The van der Waals surface area contributed by atoms with Gasteiger partial charge in [-0.05, 0) is 38.1 Å². The average Bonchev–Trinajstić information content (AvgIpc) is 2.28. The molecule has 0 radical (unpaired) electrons. The minimum absolute atomic E-state index is 0.340. The van der Waals surface area contributed by atoms with Crippen LogP contribution in [0.4, 0.5) is 0 Å². The fourth-order valence-electron chi connectivity index (χ4n) is 1.22. The molecule has 0 bridgehead atoms. The molecule has 0 aliphatic carbocycles. The number of benzene rings is 1. The van der Waals surface area contributed by atoms with Gasteiger partial charge in [0, 0.05) is 5.56 Å². The van der Waals surface area contributed by atoms with E-state index < -0.39 is 17.5 Å². The molecule has 0 heterocycles. The van der Waals surface area contributed by atoms with Crippen LogP contribution in [0, 0.1) is 0 Å². The zero-order valence-corrected chi connectivity index (χ0v) is 9.60. The Hall–Kier alpha value is -1.39. The van der Waals surface area contributed by atoms with Crippen LogP contribution in [-0.4, -0.2) is 34.8 Å². The van der Waals surface area contributed by atoms with E-state index in [9.17, 15) is 15.0 Å². The van der Waals surface area contributed by atoms with Crippen molar-refractivity contribution < 1.29 is 19.7 Å². The van der Waals surface area contributed by atoms with Gasteiger partial charge in [0.15, 0.2) is 5.78 Å². The molecule has 0 saturated carbocycles. The number of carbonyl (C=O) groups is 1. The topological polar surface area (TPSA) is 66.8 Å². The van der Waals surface area contributed by atoms with Crippen LogP contribution >= 0.6 is 0 Å². The molecule has 0 aromatic heterocycles. The van der Waals surface area contributed by atoms with Crippen molar-refractivity contribution in [1.82, 2.24) is 0 Å². The van der Waals surface area contributed by atoms with Crippen LogP contribution in [-0.2, 0) is 0 Å². The maximum Gasteiger partial charge on any atom is 0.196 e. The van der Waals surface area contributed by atoms with Crippen LogP contribution in [0.15, 0.2) is 24.3 Å². The third kappa shape index (κ3) is 2.40. The number of carbonyl (C=O) groups excluding carboxylic acids is 1. The molecule has 4 nitrogen and oxygen atoms in total. The molecule has 2 atom stereocenters. The summed E-state index contributed by atoms with van der Waals surface area (Å²) in [6, 6.07) is 6.37. The molecule has 0 aliphatic heterocycles. The van der Waals surface area contributed by atoms with Gasteiger partial charge in [0.2, 0.25) is 0 Å². The highest BCUT2D eigenvalue weighted by Crippen LogP contribution is 2.19. The molecule has 1 aromatic rings. The van der Waals surface area contributed by atoms with Gasteiger partial charge in [-0.15, -0.1) is 0 Å². The molecule has 1 aromatic carbocycles. The first-order valence-corrected chi connectivity index (χ1v) is 4.99. The largest absolute Gasteiger partial charge is 0.497 e. The Labute approximate surface area is 94.5 Å². The number of ether oxygens (including phenoxy) is 1. The summed E-state index contributed by atoms with van der Waals surface area (Å²) in [4.78, 5) is 11.9. The zero-order chi connectivity index (χ0) is 12.3. The minimum Gasteiger partial charge on any atom is -0.497 e. The molecule has 0 saturated heterocycles. The molecular formula is C12H16O4. The second-order valence-electron chi connectivity index (χ2n) is 3.88. The highest BCUT2D eigenvalue weighted by atomic mass is 16.5. The number of aliphatic hydroxyl groups excluding tert-OH is 1. The Morgan fingerprint density at radius 3 is 2.25 bits per heavy atom. The molecule has 0 amide bonds. The van der Waals surface area contributed by atoms with Crippen molar-refractivity contribution in [1.29, 1.82) is 0 Å². The predicted octanol–water partition coefficient (Wildman–Crippen LogP) is 1.01. The van der Waals surface area contributed by atoms with Crippen LogP contribution in [0.3, 0.4) is 0 Å². The monoisotopic (exact) mass is 224 g/mol. The van der Waals surface area contributed by atoms with Crippen LogP contribution in [0.5, 0.6) is 5.75 Å². The Balaban J connectivity index is 2.97. The van der Waals surface area contributed by atoms with E-state index in [0.29, 0.717) is 11.3 Å². The first-order valence-electron chi connectivity index (χ1n) is 4.99. The van der Waals surface area contributed by atoms with Gasteiger partial charge in [-0.25, -0.2) is 0 Å². The summed E-state index contributed by atoms with van der Waals surface area (Å²) in [5, 5.41) is 19.1. The van der Waals surface area contributed by atoms with E-state index in [2.05, 4.69) is 0 Å². The van der Waals surface area contributed by atoms with Gasteiger partial charge in [0.05, 0.1) is 13.2 Å². The number of Topliss-reactive ketones (excluding diaryl/α,β-unsaturated/α-hetero) is 1. The SMILES string of the molecule is COc1ccc(C(=O)[C@@](C)(O)[C@@H](C)O)cc1. The van der Waals surface area contributed by atoms with Crippen molar-refractivity contribution in [3.8, 4) is 5.75 Å². The van der Waals surface area contributed by atoms with E-state index in [4.69, 9.17) is 4.74 Å². The van der Waals surface area contributed by atoms with Crippen LogP contribution in [0.2, 0.25) is 0 Å². The molecule has 4 heteroatoms. The van der Waals surface area contributed by atoms with Crippen molar-refractivity contribution in [2.45, 2.75) is 25.6 Å². The van der Waals surface area contributed by atoms with E-state index in [-0.39, 0.29) is 0 Å². The Bertz CT molecular complexity index is 365. The van der Waals surface area contributed by atoms with Crippen molar-refractivity contribution in [3.05, 3.63) is 29.8 Å². The summed E-state index contributed by atoms with van der Waals surface area (Å²) in [5.41, 5.74) is -1.43. The van der Waals surface area contributed by atoms with E-state index >= 15 is 0 Å². The fourth-order valence-corrected chi connectivity index (χ4v) is 1.22. The first-order chi connectivity index (χ1) is 7.39. The zero-order valence-electron chi connectivity index (χ0n) is 9.60. The van der Waals surface area contributed by atoms with Crippen molar-refractivity contribution in [2.75, 3.05) is 7.11 Å². The highest BCUT2D eigenvalue weighted by Gasteiger charge is 2.36. The number of ketones is 1. The number of methoxy groups -OCH3 is 1. The quantitative estimate of drug-likeness (QED) is 0.749. The standard InChI is InChI=1S/C12H16O4/c1-8(13)12(2,15)11(14)9-4-6-10(16-3)7-5-9/h4-8,13,15H,1-3H3/t8-,12+/m1/s1. The first kappa shape index (κ1) is 12.7. The Morgan fingerprint density at radius 2 is 1.88 bits per heavy atom. The minimum atomic E-state index is -1.77. The predicted molar refractivity (Wildman–Crippen MR) is 59.6 cm³/mol. The lowest BCUT2D eigenvalue weighted by atomic mass is 9.90. The van der Waals surface area contributed by atoms with E-state index in [1.807, 2.05) is 0 Å². The number of hydrogen-bond acceptors (Lipinski definition) is 4. The lowest BCUT2D eigenvalue weighted by molar-refractivity contribution is -0.0309. The normalized spacial score (nSPS) is 16.3. The van der Waals surface area contributed by atoms with E-state index in [1.54, 1.807) is 24.3 Å². The summed E-state index contributed by atoms with van der Waals surface area (Å²) in [7, 11) is 1.53. The Kier molecular flexibility index (Phi) is 3.67. The smallest absolute Gasteiger partial charge is 0.196 e. The number of aliphatic hydroxyl groups is 2. The van der Waals surface area contributed by atoms with E-state index in [1.165, 1.54) is 21.0 Å². The second-order valence-corrected chi connectivity index (χ2v) is 3.88. The molecule has 0 fully saturated rings. The summed E-state index contributed by atoms with van der Waals surface area (Å²) < 4.78 is 4.96. The van der Waals surface area contributed by atoms with Gasteiger partial charge in [-0.1, -0.05) is 0 Å². The Morgan fingerprint density at radius 1 is 1.38 bits per heavy atom. The van der Waals surface area contributed by atoms with Gasteiger partial charge in [0.25, 0.3) is 0 Å². The third-order valence-electron chi connectivity index (χ3n) is 2.63. The summed E-state index contributed by atoms with van der Waals surface area (Å²) in [6.07, 6.45) is -1.12. The molecule has 0 unspecified atom stereocenters. The van der Waals surface area contributed by atoms with Crippen molar-refractivity contribution in [3.63, 3.8) is 0 Å². The lowest BCUT2D eigenvalue weighted by Crippen LogP contribution is -2.45. The number of rotatable bonds is 4. The van der Waals surface area contributed by atoms with Crippen LogP contribution in [0.25, 0.3) is 0 Å². The fraction of sp³-hybridized carbons (Fsp3) is 0.417. The maximum atomic E-state index is 11.9. The van der Waals surface area contributed by atoms with Gasteiger partial charge in [-0.3, -0.25) is 4.79 Å². The highest BCUT2D eigenvalue weighted by molar-refractivity contribution is 6.02. The lowest BCUT2D eigenvalue weighted by Gasteiger charge is -2.24. The molecule has 2 N–H and O–H groups in total. The third-order valence-corrected chi connectivity index (χ3v) is 2.63.